The number of likely N-dealkylation sites (N-methyl/N-ethyl adjacent to an activating group) is 1. The van der Waals surface area contributed by atoms with E-state index in [1.165, 1.54) is 6.08 Å². The number of rotatable bonds is 5. The average molecular weight is 218 g/mol. The zero-order chi connectivity index (χ0) is 12.0. The van der Waals surface area contributed by atoms with Crippen LogP contribution < -0.4 is 5.32 Å². The van der Waals surface area contributed by atoms with Gasteiger partial charge in [-0.05, 0) is 25.7 Å². The number of benzene rings is 1. The van der Waals surface area contributed by atoms with Crippen molar-refractivity contribution in [1.82, 2.24) is 10.2 Å². The highest BCUT2D eigenvalue weighted by atomic mass is 16.1. The van der Waals surface area contributed by atoms with Crippen molar-refractivity contribution in [3.05, 3.63) is 48.6 Å². The lowest BCUT2D eigenvalue weighted by atomic mass is 10.1. The van der Waals surface area contributed by atoms with Crippen molar-refractivity contribution in [2.45, 2.75) is 6.04 Å². The molecule has 0 aliphatic heterocycles. The Morgan fingerprint density at radius 3 is 2.56 bits per heavy atom. The third kappa shape index (κ3) is 3.87. The molecule has 0 fully saturated rings. The van der Waals surface area contributed by atoms with Gasteiger partial charge < -0.3 is 10.2 Å². The van der Waals surface area contributed by atoms with Crippen LogP contribution in [-0.2, 0) is 4.79 Å². The molecule has 0 saturated heterocycles. The highest BCUT2D eigenvalue weighted by molar-refractivity contribution is 5.87. The SMILES string of the molecule is C=CC(=O)NC(CN(C)C)c1ccccc1. The van der Waals surface area contributed by atoms with E-state index in [9.17, 15) is 4.79 Å². The fraction of sp³-hybridized carbons (Fsp3) is 0.308. The molecule has 1 atom stereocenters. The van der Waals surface area contributed by atoms with Crippen molar-refractivity contribution in [3.8, 4) is 0 Å². The monoisotopic (exact) mass is 218 g/mol. The van der Waals surface area contributed by atoms with Gasteiger partial charge in [0.1, 0.15) is 0 Å². The topological polar surface area (TPSA) is 32.3 Å². The molecule has 0 radical (unpaired) electrons. The molecule has 0 spiro atoms. The molecule has 0 saturated carbocycles. The Kier molecular flexibility index (Phi) is 4.73. The minimum absolute atomic E-state index is 0.00157. The number of carbonyl (C=O) groups excluding carboxylic acids is 1. The summed E-state index contributed by atoms with van der Waals surface area (Å²) >= 11 is 0. The molecular weight excluding hydrogens is 200 g/mol. The van der Waals surface area contributed by atoms with E-state index in [1.54, 1.807) is 0 Å². The Balaban J connectivity index is 2.79. The van der Waals surface area contributed by atoms with Crippen molar-refractivity contribution in [1.29, 1.82) is 0 Å². The maximum absolute atomic E-state index is 11.3. The van der Waals surface area contributed by atoms with Gasteiger partial charge >= 0.3 is 0 Å². The Hall–Kier alpha value is -1.61. The van der Waals surface area contributed by atoms with Crippen LogP contribution in [0.5, 0.6) is 0 Å². The number of nitrogens with zero attached hydrogens (tertiary/aromatic N) is 1. The van der Waals surface area contributed by atoms with Crippen molar-refractivity contribution >= 4 is 5.91 Å². The number of hydrogen-bond donors (Lipinski definition) is 1. The predicted molar refractivity (Wildman–Crippen MR) is 66.1 cm³/mol. The zero-order valence-electron chi connectivity index (χ0n) is 9.81. The van der Waals surface area contributed by atoms with Crippen LogP contribution in [0.4, 0.5) is 0 Å². The van der Waals surface area contributed by atoms with Crippen LogP contribution in [-0.4, -0.2) is 31.4 Å². The summed E-state index contributed by atoms with van der Waals surface area (Å²) in [5.41, 5.74) is 1.10. The van der Waals surface area contributed by atoms with Gasteiger partial charge in [-0.1, -0.05) is 36.9 Å². The van der Waals surface area contributed by atoms with Gasteiger partial charge in [-0.3, -0.25) is 4.79 Å². The summed E-state index contributed by atoms with van der Waals surface area (Å²) in [6, 6.07) is 9.93. The summed E-state index contributed by atoms with van der Waals surface area (Å²) in [4.78, 5) is 13.4. The number of amides is 1. The summed E-state index contributed by atoms with van der Waals surface area (Å²) in [5, 5.41) is 2.92. The van der Waals surface area contributed by atoms with E-state index in [0.717, 1.165) is 12.1 Å². The smallest absolute Gasteiger partial charge is 0.243 e. The fourth-order valence-electron chi connectivity index (χ4n) is 1.52. The lowest BCUT2D eigenvalue weighted by Gasteiger charge is -2.22. The first-order chi connectivity index (χ1) is 7.63. The number of hydrogen-bond acceptors (Lipinski definition) is 2. The minimum Gasteiger partial charge on any atom is -0.344 e. The normalized spacial score (nSPS) is 12.2. The van der Waals surface area contributed by atoms with Gasteiger partial charge in [0, 0.05) is 6.54 Å². The van der Waals surface area contributed by atoms with Crippen LogP contribution in [0, 0.1) is 0 Å². The van der Waals surface area contributed by atoms with Crippen LogP contribution in [0.25, 0.3) is 0 Å². The van der Waals surface area contributed by atoms with Gasteiger partial charge in [0.2, 0.25) is 5.91 Å². The molecule has 16 heavy (non-hydrogen) atoms. The average Bonchev–Trinajstić information content (AvgIpc) is 2.28. The number of nitrogens with one attached hydrogen (secondary N) is 1. The highest BCUT2D eigenvalue weighted by Gasteiger charge is 2.13. The standard InChI is InChI=1S/C13H18N2O/c1-4-13(16)14-12(10-15(2)3)11-8-6-5-7-9-11/h4-9,12H,1,10H2,2-3H3,(H,14,16). The molecule has 0 bridgehead atoms. The number of carbonyl (C=O) groups is 1. The Bertz CT molecular complexity index is 346. The van der Waals surface area contributed by atoms with Crippen LogP contribution >= 0.6 is 0 Å². The van der Waals surface area contributed by atoms with E-state index in [0.29, 0.717) is 0 Å². The molecule has 1 aromatic carbocycles. The van der Waals surface area contributed by atoms with Crippen molar-refractivity contribution in [3.63, 3.8) is 0 Å². The second kappa shape index (κ2) is 6.08. The zero-order valence-corrected chi connectivity index (χ0v) is 9.81. The van der Waals surface area contributed by atoms with Gasteiger partial charge in [-0.25, -0.2) is 0 Å². The molecule has 1 N–H and O–H groups in total. The molecule has 1 rings (SSSR count). The van der Waals surface area contributed by atoms with Gasteiger partial charge in [0.15, 0.2) is 0 Å². The first-order valence-electron chi connectivity index (χ1n) is 5.26. The summed E-state index contributed by atoms with van der Waals surface area (Å²) in [6.07, 6.45) is 1.30. The van der Waals surface area contributed by atoms with Gasteiger partial charge in [-0.2, -0.15) is 0 Å². The molecule has 1 unspecified atom stereocenters. The van der Waals surface area contributed by atoms with E-state index >= 15 is 0 Å². The first-order valence-corrected chi connectivity index (χ1v) is 5.26. The van der Waals surface area contributed by atoms with E-state index in [2.05, 4.69) is 11.9 Å². The molecule has 0 heterocycles. The lowest BCUT2D eigenvalue weighted by molar-refractivity contribution is -0.117. The Morgan fingerprint density at radius 2 is 2.06 bits per heavy atom. The van der Waals surface area contributed by atoms with Crippen molar-refractivity contribution < 1.29 is 4.79 Å². The van der Waals surface area contributed by atoms with Crippen LogP contribution in [0.3, 0.4) is 0 Å². The maximum Gasteiger partial charge on any atom is 0.243 e. The predicted octanol–water partition coefficient (Wildman–Crippen LogP) is 1.59. The summed E-state index contributed by atoms with van der Waals surface area (Å²) in [6.45, 7) is 4.23. The first kappa shape index (κ1) is 12.5. The van der Waals surface area contributed by atoms with Crippen LogP contribution in [0.1, 0.15) is 11.6 Å². The molecule has 3 heteroatoms. The quantitative estimate of drug-likeness (QED) is 0.761. The van der Waals surface area contributed by atoms with E-state index in [-0.39, 0.29) is 11.9 Å². The van der Waals surface area contributed by atoms with Gasteiger partial charge in [0.25, 0.3) is 0 Å². The van der Waals surface area contributed by atoms with E-state index in [1.807, 2.05) is 49.3 Å². The Morgan fingerprint density at radius 1 is 1.44 bits per heavy atom. The minimum atomic E-state index is -0.143. The van der Waals surface area contributed by atoms with Gasteiger partial charge in [-0.15, -0.1) is 0 Å². The second-order valence-electron chi connectivity index (χ2n) is 3.94. The van der Waals surface area contributed by atoms with E-state index in [4.69, 9.17) is 0 Å². The molecular formula is C13H18N2O. The molecule has 3 nitrogen and oxygen atoms in total. The summed E-state index contributed by atoms with van der Waals surface area (Å²) in [7, 11) is 3.96. The van der Waals surface area contributed by atoms with Crippen LogP contribution in [0.2, 0.25) is 0 Å². The fourth-order valence-corrected chi connectivity index (χ4v) is 1.52. The molecule has 86 valence electrons. The molecule has 1 amide bonds. The molecule has 1 aromatic rings. The third-order valence-electron chi connectivity index (χ3n) is 2.25. The second-order valence-corrected chi connectivity index (χ2v) is 3.94. The molecule has 0 aliphatic rings. The highest BCUT2D eigenvalue weighted by Crippen LogP contribution is 2.12. The van der Waals surface area contributed by atoms with Crippen LogP contribution in [0.15, 0.2) is 43.0 Å². The van der Waals surface area contributed by atoms with E-state index < -0.39 is 0 Å². The van der Waals surface area contributed by atoms with Crippen molar-refractivity contribution in [2.24, 2.45) is 0 Å². The lowest BCUT2D eigenvalue weighted by Crippen LogP contribution is -2.34. The largest absolute Gasteiger partial charge is 0.344 e. The Labute approximate surface area is 96.8 Å². The van der Waals surface area contributed by atoms with Gasteiger partial charge in [0.05, 0.1) is 6.04 Å². The maximum atomic E-state index is 11.3. The third-order valence-corrected chi connectivity index (χ3v) is 2.25. The summed E-state index contributed by atoms with van der Waals surface area (Å²) in [5.74, 6) is -0.143. The molecule has 0 aromatic heterocycles. The molecule has 0 aliphatic carbocycles. The van der Waals surface area contributed by atoms with Crippen molar-refractivity contribution in [2.75, 3.05) is 20.6 Å². The summed E-state index contributed by atoms with van der Waals surface area (Å²) < 4.78 is 0.